The van der Waals surface area contributed by atoms with Crippen LogP contribution in [0.1, 0.15) is 21.5 Å². The van der Waals surface area contributed by atoms with Gasteiger partial charge in [-0.2, -0.15) is 13.2 Å². The molecule has 0 aliphatic rings. The molecule has 0 saturated carbocycles. The van der Waals surface area contributed by atoms with E-state index in [-0.39, 0.29) is 12.1 Å². The van der Waals surface area contributed by atoms with E-state index in [4.69, 9.17) is 11.6 Å². The van der Waals surface area contributed by atoms with Crippen LogP contribution in [0, 0.1) is 0 Å². The minimum absolute atomic E-state index is 0.228. The van der Waals surface area contributed by atoms with E-state index < -0.39 is 17.6 Å². The van der Waals surface area contributed by atoms with Crippen LogP contribution in [0.15, 0.2) is 48.5 Å². The Morgan fingerprint density at radius 2 is 1.82 bits per heavy atom. The number of alkyl halides is 3. The maximum absolute atomic E-state index is 12.8. The Kier molecular flexibility index (Phi) is 5.08. The molecule has 116 valence electrons. The van der Waals surface area contributed by atoms with E-state index in [0.717, 1.165) is 17.7 Å². The van der Waals surface area contributed by atoms with Crippen molar-refractivity contribution >= 4 is 17.5 Å². The van der Waals surface area contributed by atoms with E-state index in [2.05, 4.69) is 5.32 Å². The lowest BCUT2D eigenvalue weighted by molar-refractivity contribution is -0.137. The van der Waals surface area contributed by atoms with Gasteiger partial charge in [-0.25, -0.2) is 0 Å². The zero-order valence-corrected chi connectivity index (χ0v) is 12.2. The molecule has 2 rings (SSSR count). The fraction of sp³-hybridized carbons (Fsp3) is 0.188. The van der Waals surface area contributed by atoms with E-state index in [1.807, 2.05) is 6.07 Å². The number of hydrogen-bond acceptors (Lipinski definition) is 1. The summed E-state index contributed by atoms with van der Waals surface area (Å²) in [5.74, 6) is -0.741. The lowest BCUT2D eigenvalue weighted by atomic mass is 10.1. The molecule has 0 radical (unpaired) electrons. The zero-order valence-electron chi connectivity index (χ0n) is 11.5. The van der Waals surface area contributed by atoms with Gasteiger partial charge in [0.25, 0.3) is 5.91 Å². The van der Waals surface area contributed by atoms with Crippen molar-refractivity contribution in [2.24, 2.45) is 0 Å². The van der Waals surface area contributed by atoms with Crippen LogP contribution in [-0.4, -0.2) is 12.5 Å². The Bertz CT molecular complexity index is 670. The summed E-state index contributed by atoms with van der Waals surface area (Å²) in [5, 5.41) is 3.07. The Balaban J connectivity index is 2.01. The van der Waals surface area contributed by atoms with E-state index in [0.29, 0.717) is 11.4 Å². The molecule has 0 saturated heterocycles. The topological polar surface area (TPSA) is 29.1 Å². The zero-order chi connectivity index (χ0) is 16.2. The summed E-state index contributed by atoms with van der Waals surface area (Å²) >= 11 is 5.84. The molecular weight excluding hydrogens is 315 g/mol. The van der Waals surface area contributed by atoms with Crippen LogP contribution in [-0.2, 0) is 12.6 Å². The second kappa shape index (κ2) is 6.83. The van der Waals surface area contributed by atoms with Gasteiger partial charge >= 0.3 is 6.18 Å². The third kappa shape index (κ3) is 4.24. The summed E-state index contributed by atoms with van der Waals surface area (Å²) in [6.45, 7) is 0.228. The highest BCUT2D eigenvalue weighted by Crippen LogP contribution is 2.31. The number of benzene rings is 2. The van der Waals surface area contributed by atoms with E-state index in [9.17, 15) is 18.0 Å². The molecule has 2 aromatic carbocycles. The van der Waals surface area contributed by atoms with Crippen LogP contribution < -0.4 is 5.32 Å². The maximum Gasteiger partial charge on any atom is 0.417 e. The quantitative estimate of drug-likeness (QED) is 0.889. The highest BCUT2D eigenvalue weighted by atomic mass is 35.5. The number of hydrogen-bond donors (Lipinski definition) is 1. The van der Waals surface area contributed by atoms with Crippen LogP contribution in [0.3, 0.4) is 0 Å². The van der Waals surface area contributed by atoms with Crippen LogP contribution in [0.25, 0.3) is 0 Å². The predicted octanol–water partition coefficient (Wildman–Crippen LogP) is 4.33. The molecule has 0 aliphatic heterocycles. The molecule has 0 heterocycles. The first-order valence-corrected chi connectivity index (χ1v) is 6.94. The molecule has 0 fully saturated rings. The smallest absolute Gasteiger partial charge is 0.352 e. The van der Waals surface area contributed by atoms with Gasteiger partial charge in [0.2, 0.25) is 0 Å². The van der Waals surface area contributed by atoms with Crippen molar-refractivity contribution in [1.82, 2.24) is 5.32 Å². The van der Waals surface area contributed by atoms with Gasteiger partial charge in [0.15, 0.2) is 0 Å². The van der Waals surface area contributed by atoms with E-state index in [1.54, 1.807) is 18.2 Å². The summed E-state index contributed by atoms with van der Waals surface area (Å²) in [7, 11) is 0. The highest BCUT2D eigenvalue weighted by molar-refractivity contribution is 6.30. The lowest BCUT2D eigenvalue weighted by Gasteiger charge is -2.12. The first kappa shape index (κ1) is 16.4. The van der Waals surface area contributed by atoms with Gasteiger partial charge in [-0.1, -0.05) is 35.9 Å². The average Bonchev–Trinajstić information content (AvgIpc) is 2.46. The first-order valence-electron chi connectivity index (χ1n) is 6.57. The van der Waals surface area contributed by atoms with Crippen molar-refractivity contribution in [3.05, 3.63) is 70.2 Å². The summed E-state index contributed by atoms with van der Waals surface area (Å²) < 4.78 is 38.5. The van der Waals surface area contributed by atoms with Crippen molar-refractivity contribution in [3.8, 4) is 0 Å². The average molecular weight is 328 g/mol. The second-order valence-corrected chi connectivity index (χ2v) is 5.12. The molecule has 6 heteroatoms. The van der Waals surface area contributed by atoms with Crippen LogP contribution >= 0.6 is 11.6 Å². The SMILES string of the molecule is O=C(NCCc1cccc(Cl)c1)c1ccccc1C(F)(F)F. The van der Waals surface area contributed by atoms with Gasteiger partial charge in [-0.05, 0) is 36.2 Å². The fourth-order valence-electron chi connectivity index (χ4n) is 2.04. The van der Waals surface area contributed by atoms with Crippen molar-refractivity contribution in [3.63, 3.8) is 0 Å². The number of nitrogens with one attached hydrogen (secondary N) is 1. The monoisotopic (exact) mass is 327 g/mol. The Morgan fingerprint density at radius 3 is 2.50 bits per heavy atom. The number of halogens is 4. The van der Waals surface area contributed by atoms with E-state index in [1.165, 1.54) is 12.1 Å². The minimum atomic E-state index is -4.55. The van der Waals surface area contributed by atoms with Crippen molar-refractivity contribution in [2.75, 3.05) is 6.54 Å². The first-order chi connectivity index (χ1) is 10.4. The Hall–Kier alpha value is -2.01. The second-order valence-electron chi connectivity index (χ2n) is 4.68. The summed E-state index contributed by atoms with van der Waals surface area (Å²) in [6, 6.07) is 11.8. The minimum Gasteiger partial charge on any atom is -0.352 e. The molecule has 1 amide bonds. The molecule has 0 spiro atoms. The molecule has 0 bridgehead atoms. The number of carbonyl (C=O) groups is 1. The highest BCUT2D eigenvalue weighted by Gasteiger charge is 2.34. The molecule has 2 nitrogen and oxygen atoms in total. The lowest BCUT2D eigenvalue weighted by Crippen LogP contribution is -2.28. The molecular formula is C16H13ClF3NO. The molecule has 22 heavy (non-hydrogen) atoms. The predicted molar refractivity (Wildman–Crippen MR) is 78.9 cm³/mol. The number of carbonyl (C=O) groups excluding carboxylic acids is 1. The normalized spacial score (nSPS) is 11.3. The van der Waals surface area contributed by atoms with Gasteiger partial charge in [-0.3, -0.25) is 4.79 Å². The van der Waals surface area contributed by atoms with Gasteiger partial charge < -0.3 is 5.32 Å². The molecule has 2 aromatic rings. The van der Waals surface area contributed by atoms with Gasteiger partial charge in [0.05, 0.1) is 11.1 Å². The summed E-state index contributed by atoms with van der Waals surface area (Å²) in [5.41, 5.74) is -0.409. The van der Waals surface area contributed by atoms with Crippen molar-refractivity contribution in [1.29, 1.82) is 0 Å². The molecule has 1 N–H and O–H groups in total. The van der Waals surface area contributed by atoms with Crippen molar-refractivity contribution in [2.45, 2.75) is 12.6 Å². The van der Waals surface area contributed by atoms with Gasteiger partial charge in [-0.15, -0.1) is 0 Å². The van der Waals surface area contributed by atoms with E-state index >= 15 is 0 Å². The summed E-state index contributed by atoms with van der Waals surface area (Å²) in [4.78, 5) is 11.9. The Morgan fingerprint density at radius 1 is 1.09 bits per heavy atom. The number of rotatable bonds is 4. The standard InChI is InChI=1S/C16H13ClF3NO/c17-12-5-3-4-11(10-12)8-9-21-15(22)13-6-1-2-7-14(13)16(18,19)20/h1-7,10H,8-9H2,(H,21,22). The maximum atomic E-state index is 12.8. The van der Waals surface area contributed by atoms with Gasteiger partial charge in [0.1, 0.15) is 0 Å². The van der Waals surface area contributed by atoms with Crippen LogP contribution in [0.2, 0.25) is 5.02 Å². The van der Waals surface area contributed by atoms with Crippen LogP contribution in [0.4, 0.5) is 13.2 Å². The fourth-order valence-corrected chi connectivity index (χ4v) is 2.25. The largest absolute Gasteiger partial charge is 0.417 e. The Labute approximate surface area is 130 Å². The molecule has 0 unspecified atom stereocenters. The van der Waals surface area contributed by atoms with Crippen molar-refractivity contribution < 1.29 is 18.0 Å². The van der Waals surface area contributed by atoms with Crippen LogP contribution in [0.5, 0.6) is 0 Å². The third-order valence-corrected chi connectivity index (χ3v) is 3.30. The summed E-state index contributed by atoms with van der Waals surface area (Å²) in [6.07, 6.45) is -4.07. The molecule has 0 aliphatic carbocycles. The van der Waals surface area contributed by atoms with Gasteiger partial charge in [0, 0.05) is 11.6 Å². The molecule has 0 atom stereocenters. The number of amides is 1. The molecule has 0 aromatic heterocycles. The third-order valence-electron chi connectivity index (χ3n) is 3.07.